The maximum absolute atomic E-state index is 12.3. The highest BCUT2D eigenvalue weighted by molar-refractivity contribution is 6.23. The van der Waals surface area contributed by atoms with Gasteiger partial charge in [-0.05, 0) is 13.8 Å². The Hall–Kier alpha value is -2.96. The van der Waals surface area contributed by atoms with Gasteiger partial charge in [-0.2, -0.15) is 0 Å². The minimum absolute atomic E-state index is 0.0108. The van der Waals surface area contributed by atoms with E-state index in [1.807, 2.05) is 6.92 Å². The first kappa shape index (κ1) is 19.1. The summed E-state index contributed by atoms with van der Waals surface area (Å²) in [6.45, 7) is 3.39. The number of rotatable bonds is 8. The standard InChI is InChI=1S/C17H19NO6/c1-4-24-17(22)14(16(18)21)15(23-3)13(20)9-12(19)11-7-5-10(2)6-8-11/h5-8H,4,9H2,1-3H3,(H2,18,21)/b15-14-. The van der Waals surface area contributed by atoms with Gasteiger partial charge in [-0.1, -0.05) is 29.8 Å². The van der Waals surface area contributed by atoms with Gasteiger partial charge in [0.05, 0.1) is 20.1 Å². The molecule has 0 atom stereocenters. The lowest BCUT2D eigenvalue weighted by Gasteiger charge is -2.10. The van der Waals surface area contributed by atoms with Crippen molar-refractivity contribution < 1.29 is 28.7 Å². The third kappa shape index (κ3) is 4.77. The maximum Gasteiger partial charge on any atom is 0.347 e. The van der Waals surface area contributed by atoms with Crippen molar-refractivity contribution in [2.75, 3.05) is 13.7 Å². The zero-order valence-electron chi connectivity index (χ0n) is 13.8. The van der Waals surface area contributed by atoms with Crippen LogP contribution in [-0.4, -0.2) is 37.2 Å². The topological polar surface area (TPSA) is 113 Å². The Kier molecular flexibility index (Phi) is 6.85. The van der Waals surface area contributed by atoms with Crippen molar-refractivity contribution in [3.05, 3.63) is 46.7 Å². The number of primary amides is 1. The van der Waals surface area contributed by atoms with Crippen molar-refractivity contribution in [3.63, 3.8) is 0 Å². The van der Waals surface area contributed by atoms with Gasteiger partial charge in [-0.15, -0.1) is 0 Å². The van der Waals surface area contributed by atoms with Crippen LogP contribution in [0.25, 0.3) is 0 Å². The fraction of sp³-hybridized carbons (Fsp3) is 0.294. The summed E-state index contributed by atoms with van der Waals surface area (Å²) in [6.07, 6.45) is -0.567. The summed E-state index contributed by atoms with van der Waals surface area (Å²) in [4.78, 5) is 47.6. The largest absolute Gasteiger partial charge is 0.492 e. The zero-order valence-corrected chi connectivity index (χ0v) is 13.8. The van der Waals surface area contributed by atoms with Gasteiger partial charge in [-0.25, -0.2) is 4.79 Å². The molecule has 0 saturated carbocycles. The van der Waals surface area contributed by atoms with Crippen molar-refractivity contribution in [3.8, 4) is 0 Å². The molecule has 1 amide bonds. The number of benzene rings is 1. The number of carbonyl (C=O) groups excluding carboxylic acids is 4. The third-order valence-electron chi connectivity index (χ3n) is 3.11. The predicted octanol–water partition coefficient (Wildman–Crippen LogP) is 1.09. The predicted molar refractivity (Wildman–Crippen MR) is 85.0 cm³/mol. The van der Waals surface area contributed by atoms with E-state index in [-0.39, 0.29) is 6.61 Å². The number of hydrogen-bond donors (Lipinski definition) is 1. The van der Waals surface area contributed by atoms with Crippen LogP contribution in [0.3, 0.4) is 0 Å². The van der Waals surface area contributed by atoms with Gasteiger partial charge in [0.15, 0.2) is 17.1 Å². The van der Waals surface area contributed by atoms with Gasteiger partial charge in [0.1, 0.15) is 0 Å². The van der Waals surface area contributed by atoms with Crippen LogP contribution in [0.15, 0.2) is 35.6 Å². The highest BCUT2D eigenvalue weighted by atomic mass is 16.5. The smallest absolute Gasteiger partial charge is 0.347 e. The van der Waals surface area contributed by atoms with Gasteiger partial charge in [0.25, 0.3) is 5.91 Å². The van der Waals surface area contributed by atoms with E-state index >= 15 is 0 Å². The van der Waals surface area contributed by atoms with E-state index in [2.05, 4.69) is 4.74 Å². The number of Topliss-reactive ketones (excluding diaryl/α,β-unsaturated/α-hetero) is 2. The lowest BCUT2D eigenvalue weighted by molar-refractivity contribution is -0.140. The van der Waals surface area contributed by atoms with E-state index in [0.29, 0.717) is 5.56 Å². The van der Waals surface area contributed by atoms with Crippen LogP contribution in [0.1, 0.15) is 29.3 Å². The molecule has 7 nitrogen and oxygen atoms in total. The van der Waals surface area contributed by atoms with Gasteiger partial charge in [0.2, 0.25) is 5.78 Å². The number of methoxy groups -OCH3 is 1. The molecule has 0 aliphatic heterocycles. The number of hydrogen-bond acceptors (Lipinski definition) is 6. The number of esters is 1. The molecular weight excluding hydrogens is 314 g/mol. The molecule has 0 bridgehead atoms. The molecule has 0 spiro atoms. The second-order valence-corrected chi connectivity index (χ2v) is 4.88. The quantitative estimate of drug-likeness (QED) is 0.190. The molecule has 128 valence electrons. The second-order valence-electron chi connectivity index (χ2n) is 4.88. The first-order valence-corrected chi connectivity index (χ1v) is 7.20. The maximum atomic E-state index is 12.3. The van der Waals surface area contributed by atoms with Crippen LogP contribution < -0.4 is 5.73 Å². The summed E-state index contributed by atoms with van der Waals surface area (Å²) in [5, 5.41) is 0. The van der Waals surface area contributed by atoms with E-state index in [9.17, 15) is 19.2 Å². The van der Waals surface area contributed by atoms with Crippen LogP contribution in [0.4, 0.5) is 0 Å². The SMILES string of the molecule is CCOC(=O)/C(C(N)=O)=C(\OC)C(=O)CC(=O)c1ccc(C)cc1. The lowest BCUT2D eigenvalue weighted by atomic mass is 10.0. The molecule has 0 aliphatic rings. The summed E-state index contributed by atoms with van der Waals surface area (Å²) < 4.78 is 9.52. The molecule has 0 unspecified atom stereocenters. The fourth-order valence-electron chi connectivity index (χ4n) is 1.93. The Morgan fingerprint density at radius 2 is 1.67 bits per heavy atom. The molecular formula is C17H19NO6. The number of amides is 1. The Bertz CT molecular complexity index is 688. The average molecular weight is 333 g/mol. The first-order chi connectivity index (χ1) is 11.3. The van der Waals surface area contributed by atoms with Crippen LogP contribution in [-0.2, 0) is 23.9 Å². The minimum Gasteiger partial charge on any atom is -0.492 e. The monoisotopic (exact) mass is 333 g/mol. The molecule has 7 heteroatoms. The van der Waals surface area contributed by atoms with E-state index in [4.69, 9.17) is 10.5 Å². The Balaban J connectivity index is 3.09. The lowest BCUT2D eigenvalue weighted by Crippen LogP contribution is -2.27. The van der Waals surface area contributed by atoms with Crippen LogP contribution in [0.5, 0.6) is 0 Å². The molecule has 2 N–H and O–H groups in total. The fourth-order valence-corrected chi connectivity index (χ4v) is 1.93. The Morgan fingerprint density at radius 1 is 1.08 bits per heavy atom. The highest BCUT2D eigenvalue weighted by Crippen LogP contribution is 2.14. The van der Waals surface area contributed by atoms with Crippen LogP contribution in [0.2, 0.25) is 0 Å². The number of carbonyl (C=O) groups is 4. The number of ketones is 2. The summed E-state index contributed by atoms with van der Waals surface area (Å²) in [5.41, 5.74) is 5.72. The average Bonchev–Trinajstić information content (AvgIpc) is 2.52. The van der Waals surface area contributed by atoms with Gasteiger partial charge in [-0.3, -0.25) is 14.4 Å². The molecule has 0 saturated heterocycles. The molecule has 0 aromatic heterocycles. The van der Waals surface area contributed by atoms with Crippen molar-refractivity contribution >= 4 is 23.4 Å². The summed E-state index contributed by atoms with van der Waals surface area (Å²) in [5.74, 6) is -4.12. The van der Waals surface area contributed by atoms with Crippen molar-refractivity contribution in [1.29, 1.82) is 0 Å². The summed E-state index contributed by atoms with van der Waals surface area (Å²) in [6, 6.07) is 6.64. The number of ether oxygens (including phenoxy) is 2. The zero-order chi connectivity index (χ0) is 18.3. The molecule has 24 heavy (non-hydrogen) atoms. The molecule has 1 rings (SSSR count). The van der Waals surface area contributed by atoms with Gasteiger partial charge >= 0.3 is 5.97 Å². The van der Waals surface area contributed by atoms with Crippen molar-refractivity contribution in [1.82, 2.24) is 0 Å². The van der Waals surface area contributed by atoms with E-state index < -0.39 is 41.2 Å². The van der Waals surface area contributed by atoms with Gasteiger partial charge in [0, 0.05) is 5.56 Å². The Labute approximate surface area is 139 Å². The molecule has 0 heterocycles. The first-order valence-electron chi connectivity index (χ1n) is 7.20. The molecule has 1 aromatic carbocycles. The molecule has 0 aliphatic carbocycles. The van der Waals surface area contributed by atoms with E-state index in [0.717, 1.165) is 12.7 Å². The van der Waals surface area contributed by atoms with Crippen molar-refractivity contribution in [2.45, 2.75) is 20.3 Å². The van der Waals surface area contributed by atoms with E-state index in [1.165, 1.54) is 6.92 Å². The molecule has 0 radical (unpaired) electrons. The van der Waals surface area contributed by atoms with Crippen LogP contribution >= 0.6 is 0 Å². The molecule has 0 fully saturated rings. The van der Waals surface area contributed by atoms with E-state index in [1.54, 1.807) is 24.3 Å². The highest BCUT2D eigenvalue weighted by Gasteiger charge is 2.29. The van der Waals surface area contributed by atoms with Crippen LogP contribution in [0, 0.1) is 6.92 Å². The third-order valence-corrected chi connectivity index (χ3v) is 3.11. The number of allylic oxidation sites excluding steroid dienone is 1. The van der Waals surface area contributed by atoms with Gasteiger partial charge < -0.3 is 15.2 Å². The number of nitrogens with two attached hydrogens (primary N) is 1. The van der Waals surface area contributed by atoms with Crippen molar-refractivity contribution in [2.24, 2.45) is 5.73 Å². The molecule has 1 aromatic rings. The normalized spacial score (nSPS) is 11.3. The second kappa shape index (κ2) is 8.61. The number of aryl methyl sites for hydroxylation is 1. The Morgan fingerprint density at radius 3 is 2.12 bits per heavy atom. The summed E-state index contributed by atoms with van der Waals surface area (Å²) >= 11 is 0. The minimum atomic E-state index is -1.17. The summed E-state index contributed by atoms with van der Waals surface area (Å²) in [7, 11) is 1.10.